The molecule has 1 heterocycles. The number of ether oxygens (including phenoxy) is 1. The lowest BCUT2D eigenvalue weighted by Crippen LogP contribution is -2.42. The van der Waals surface area contributed by atoms with Gasteiger partial charge in [-0.1, -0.05) is 0 Å². The summed E-state index contributed by atoms with van der Waals surface area (Å²) < 4.78 is 5.21. The van der Waals surface area contributed by atoms with Crippen LogP contribution in [0, 0.1) is 0 Å². The number of carbonyl (C=O) groups is 1. The highest BCUT2D eigenvalue weighted by molar-refractivity contribution is 5.73. The van der Waals surface area contributed by atoms with Crippen LogP contribution in [0.2, 0.25) is 0 Å². The van der Waals surface area contributed by atoms with Crippen LogP contribution in [0.15, 0.2) is 0 Å². The van der Waals surface area contributed by atoms with Gasteiger partial charge in [-0.3, -0.25) is 0 Å². The van der Waals surface area contributed by atoms with Crippen molar-refractivity contribution in [2.75, 3.05) is 19.8 Å². The monoisotopic (exact) mass is 188 g/mol. The lowest BCUT2D eigenvalue weighted by Gasteiger charge is -2.12. The van der Waals surface area contributed by atoms with Crippen molar-refractivity contribution in [3.8, 4) is 0 Å². The summed E-state index contributed by atoms with van der Waals surface area (Å²) in [4.78, 5) is 11.1. The van der Waals surface area contributed by atoms with Gasteiger partial charge in [0, 0.05) is 19.8 Å². The molecule has 0 aliphatic carbocycles. The van der Waals surface area contributed by atoms with Crippen molar-refractivity contribution >= 4 is 6.03 Å². The molecule has 2 amide bonds. The quantitative estimate of drug-likeness (QED) is 0.535. The van der Waals surface area contributed by atoms with Crippen molar-refractivity contribution in [2.24, 2.45) is 0 Å². The van der Waals surface area contributed by atoms with Gasteiger partial charge in [0.05, 0.1) is 0 Å². The number of amides is 2. The number of hydrogen-bond acceptors (Lipinski definition) is 3. The molecule has 0 bridgehead atoms. The molecular weight excluding hydrogens is 172 g/mol. The third-order valence-electron chi connectivity index (χ3n) is 1.84. The van der Waals surface area contributed by atoms with Crippen LogP contribution in [0.5, 0.6) is 0 Å². The fourth-order valence-corrected chi connectivity index (χ4v) is 1.17. The first-order valence-electron chi connectivity index (χ1n) is 4.60. The maximum Gasteiger partial charge on any atom is 0.316 e. The molecule has 0 radical (unpaired) electrons. The van der Waals surface area contributed by atoms with E-state index >= 15 is 0 Å². The first kappa shape index (κ1) is 10.3. The Morgan fingerprint density at radius 1 is 1.62 bits per heavy atom. The van der Waals surface area contributed by atoms with E-state index < -0.39 is 0 Å². The molecule has 1 atom stereocenters. The Kier molecular flexibility index (Phi) is 4.56. The van der Waals surface area contributed by atoms with Crippen LogP contribution in [0.4, 0.5) is 4.79 Å². The number of rotatable bonds is 4. The summed E-state index contributed by atoms with van der Waals surface area (Å²) in [6, 6.07) is -0.222. The van der Waals surface area contributed by atoms with Gasteiger partial charge in [-0.15, -0.1) is 0 Å². The van der Waals surface area contributed by atoms with E-state index in [9.17, 15) is 4.79 Å². The summed E-state index contributed by atoms with van der Waals surface area (Å²) in [5.41, 5.74) is 0. The van der Waals surface area contributed by atoms with E-state index in [1.165, 1.54) is 0 Å². The molecule has 0 aromatic heterocycles. The summed E-state index contributed by atoms with van der Waals surface area (Å²) in [6.45, 7) is 1.32. The fraction of sp³-hybridized carbons (Fsp3) is 0.875. The standard InChI is InChI=1S/C8H16N2O3/c11-5-2-4-9-8(12)10-7-3-1-6-13-7/h7,11H,1-6H2,(H2,9,10,12). The zero-order chi connectivity index (χ0) is 9.52. The molecule has 3 N–H and O–H groups in total. The molecule has 0 spiro atoms. The average Bonchev–Trinajstić information content (AvgIpc) is 2.57. The van der Waals surface area contributed by atoms with Crippen molar-refractivity contribution in [1.29, 1.82) is 0 Å². The molecule has 0 aromatic carbocycles. The Morgan fingerprint density at radius 3 is 3.08 bits per heavy atom. The van der Waals surface area contributed by atoms with E-state index in [1.807, 2.05) is 0 Å². The number of aliphatic hydroxyl groups excluding tert-OH is 1. The highest BCUT2D eigenvalue weighted by Gasteiger charge is 2.16. The Balaban J connectivity index is 2.02. The predicted molar refractivity (Wildman–Crippen MR) is 47.2 cm³/mol. The number of carbonyl (C=O) groups excluding carboxylic acids is 1. The van der Waals surface area contributed by atoms with Crippen molar-refractivity contribution in [1.82, 2.24) is 10.6 Å². The molecule has 1 unspecified atom stereocenters. The van der Waals surface area contributed by atoms with Gasteiger partial charge in [0.15, 0.2) is 0 Å². The van der Waals surface area contributed by atoms with Crippen LogP contribution in [0.1, 0.15) is 19.3 Å². The van der Waals surface area contributed by atoms with Crippen LogP contribution < -0.4 is 10.6 Å². The van der Waals surface area contributed by atoms with Crippen molar-refractivity contribution in [2.45, 2.75) is 25.5 Å². The molecule has 1 rings (SSSR count). The molecule has 0 aromatic rings. The third-order valence-corrected chi connectivity index (χ3v) is 1.84. The Morgan fingerprint density at radius 2 is 2.46 bits per heavy atom. The number of hydrogen-bond donors (Lipinski definition) is 3. The zero-order valence-electron chi connectivity index (χ0n) is 7.58. The van der Waals surface area contributed by atoms with Gasteiger partial charge in [-0.2, -0.15) is 0 Å². The fourth-order valence-electron chi connectivity index (χ4n) is 1.17. The summed E-state index contributed by atoms with van der Waals surface area (Å²) >= 11 is 0. The molecular formula is C8H16N2O3. The van der Waals surface area contributed by atoms with Gasteiger partial charge in [-0.05, 0) is 19.3 Å². The second kappa shape index (κ2) is 5.77. The van der Waals surface area contributed by atoms with Crippen molar-refractivity contribution < 1.29 is 14.6 Å². The van der Waals surface area contributed by atoms with Crippen LogP contribution in [0.3, 0.4) is 0 Å². The van der Waals surface area contributed by atoms with Crippen molar-refractivity contribution in [3.63, 3.8) is 0 Å². The Labute approximate surface area is 77.5 Å². The lowest BCUT2D eigenvalue weighted by atomic mass is 10.3. The van der Waals surface area contributed by atoms with Crippen LogP contribution in [-0.2, 0) is 4.74 Å². The summed E-state index contributed by atoms with van der Waals surface area (Å²) in [6.07, 6.45) is 2.34. The molecule has 1 aliphatic rings. The van der Waals surface area contributed by atoms with Gasteiger partial charge in [0.2, 0.25) is 0 Å². The Hall–Kier alpha value is -0.810. The van der Waals surface area contributed by atoms with E-state index in [1.54, 1.807) is 0 Å². The van der Waals surface area contributed by atoms with Crippen LogP contribution in [0.25, 0.3) is 0 Å². The largest absolute Gasteiger partial charge is 0.396 e. The minimum absolute atomic E-state index is 0.0974. The normalized spacial score (nSPS) is 21.5. The van der Waals surface area contributed by atoms with E-state index in [4.69, 9.17) is 9.84 Å². The maximum absolute atomic E-state index is 11.1. The van der Waals surface area contributed by atoms with Gasteiger partial charge in [-0.25, -0.2) is 4.79 Å². The topological polar surface area (TPSA) is 70.6 Å². The van der Waals surface area contributed by atoms with Gasteiger partial charge >= 0.3 is 6.03 Å². The highest BCUT2D eigenvalue weighted by atomic mass is 16.5. The number of nitrogens with one attached hydrogen (secondary N) is 2. The van der Waals surface area contributed by atoms with Gasteiger partial charge in [0.1, 0.15) is 6.23 Å². The van der Waals surface area contributed by atoms with Gasteiger partial charge < -0.3 is 20.5 Å². The lowest BCUT2D eigenvalue weighted by molar-refractivity contribution is 0.0907. The molecule has 13 heavy (non-hydrogen) atoms. The number of urea groups is 1. The van der Waals surface area contributed by atoms with E-state index in [0.717, 1.165) is 19.4 Å². The smallest absolute Gasteiger partial charge is 0.316 e. The minimum Gasteiger partial charge on any atom is -0.396 e. The van der Waals surface area contributed by atoms with E-state index in [-0.39, 0.29) is 18.9 Å². The molecule has 0 saturated carbocycles. The molecule has 1 saturated heterocycles. The maximum atomic E-state index is 11.1. The highest BCUT2D eigenvalue weighted by Crippen LogP contribution is 2.08. The average molecular weight is 188 g/mol. The second-order valence-electron chi connectivity index (χ2n) is 2.98. The first-order valence-corrected chi connectivity index (χ1v) is 4.60. The van der Waals surface area contributed by atoms with Crippen molar-refractivity contribution in [3.05, 3.63) is 0 Å². The van der Waals surface area contributed by atoms with Crippen LogP contribution >= 0.6 is 0 Å². The summed E-state index contributed by atoms with van der Waals surface area (Å²) in [5.74, 6) is 0. The molecule has 5 heteroatoms. The third kappa shape index (κ3) is 4.10. The first-order chi connectivity index (χ1) is 6.33. The summed E-state index contributed by atoms with van der Waals surface area (Å²) in [7, 11) is 0. The minimum atomic E-state index is -0.222. The molecule has 76 valence electrons. The molecule has 1 aliphatic heterocycles. The molecule has 1 fully saturated rings. The SMILES string of the molecule is O=C(NCCCO)NC1CCCO1. The second-order valence-corrected chi connectivity index (χ2v) is 2.98. The van der Waals surface area contributed by atoms with E-state index in [2.05, 4.69) is 10.6 Å². The zero-order valence-corrected chi connectivity index (χ0v) is 7.58. The summed E-state index contributed by atoms with van der Waals surface area (Å²) in [5, 5.41) is 13.8. The number of aliphatic hydroxyl groups is 1. The van der Waals surface area contributed by atoms with Gasteiger partial charge in [0.25, 0.3) is 0 Å². The van der Waals surface area contributed by atoms with E-state index in [0.29, 0.717) is 13.0 Å². The van der Waals surface area contributed by atoms with Crippen LogP contribution in [-0.4, -0.2) is 37.1 Å². The molecule has 5 nitrogen and oxygen atoms in total. The predicted octanol–water partition coefficient (Wildman–Crippen LogP) is -0.196. The Bertz CT molecular complexity index is 157.